The summed E-state index contributed by atoms with van der Waals surface area (Å²) in [6.07, 6.45) is 10.5. The van der Waals surface area contributed by atoms with E-state index in [0.717, 1.165) is 32.1 Å². The van der Waals surface area contributed by atoms with Gasteiger partial charge in [-0.05, 0) is 56.4 Å². The van der Waals surface area contributed by atoms with Crippen LogP contribution in [0.1, 0.15) is 70.6 Å². The van der Waals surface area contributed by atoms with Crippen molar-refractivity contribution in [1.29, 1.82) is 0 Å². The van der Waals surface area contributed by atoms with E-state index in [1.807, 2.05) is 0 Å². The number of carbonyl (C=O) groups is 1. The second-order valence-electron chi connectivity index (χ2n) is 8.68. The molecule has 0 heterocycles. The molecule has 0 saturated heterocycles. The molecule has 3 rings (SSSR count). The molecule has 0 aliphatic heterocycles. The summed E-state index contributed by atoms with van der Waals surface area (Å²) in [6, 6.07) is 0. The Kier molecular flexibility index (Phi) is 7.20. The van der Waals surface area contributed by atoms with Gasteiger partial charge in [0.25, 0.3) is 0 Å². The van der Waals surface area contributed by atoms with Crippen LogP contribution in [0.5, 0.6) is 0 Å². The average molecular weight is 391 g/mol. The zero-order valence-electron chi connectivity index (χ0n) is 16.9. The highest BCUT2D eigenvalue weighted by Crippen LogP contribution is 2.56. The largest absolute Gasteiger partial charge is 0.481 e. The van der Waals surface area contributed by atoms with E-state index in [0.29, 0.717) is 12.8 Å². The number of fused-ring (bicyclic) bond motifs is 1. The first-order valence-electron chi connectivity index (χ1n) is 10.8. The van der Waals surface area contributed by atoms with Gasteiger partial charge in [-0.3, -0.25) is 4.79 Å². The number of aliphatic carboxylic acids is 1. The molecule has 5 heteroatoms. The quantitative estimate of drug-likeness (QED) is 0.368. The Morgan fingerprint density at radius 3 is 2.75 bits per heavy atom. The van der Waals surface area contributed by atoms with Crippen LogP contribution in [-0.2, 0) is 9.53 Å². The number of rotatable bonds is 6. The number of aliphatic hydroxyl groups excluding tert-OH is 2. The van der Waals surface area contributed by atoms with Crippen molar-refractivity contribution in [3.05, 3.63) is 11.6 Å². The summed E-state index contributed by atoms with van der Waals surface area (Å²) in [7, 11) is 1.72. The molecule has 0 amide bonds. The summed E-state index contributed by atoms with van der Waals surface area (Å²) in [5.41, 5.74) is 0.842. The Morgan fingerprint density at radius 2 is 2.07 bits per heavy atom. The number of hydrogen-bond acceptors (Lipinski definition) is 4. The first kappa shape index (κ1) is 21.4. The Balaban J connectivity index is 1.66. The number of ether oxygens (including phenoxy) is 1. The van der Waals surface area contributed by atoms with Gasteiger partial charge >= 0.3 is 5.97 Å². The molecule has 0 bridgehead atoms. The maximum atomic E-state index is 10.7. The van der Waals surface area contributed by atoms with E-state index in [1.165, 1.54) is 24.8 Å². The molecule has 3 N–H and O–H groups in total. The zero-order chi connectivity index (χ0) is 20.1. The lowest BCUT2D eigenvalue weighted by atomic mass is 9.53. The molecule has 0 spiro atoms. The van der Waals surface area contributed by atoms with E-state index in [9.17, 15) is 15.0 Å². The number of carboxylic acids is 1. The predicted octanol–water partition coefficient (Wildman–Crippen LogP) is 3.29. The van der Waals surface area contributed by atoms with Gasteiger partial charge < -0.3 is 20.1 Å². The molecule has 0 aromatic carbocycles. The number of methoxy groups -OCH3 is 1. The minimum Gasteiger partial charge on any atom is -0.481 e. The normalized spacial score (nSPS) is 35.4. The molecular weight excluding hydrogens is 356 g/mol. The van der Waals surface area contributed by atoms with Gasteiger partial charge in [-0.15, -0.1) is 0 Å². The van der Waals surface area contributed by atoms with Crippen LogP contribution < -0.4 is 0 Å². The van der Waals surface area contributed by atoms with Crippen molar-refractivity contribution < 1.29 is 24.9 Å². The Labute approximate surface area is 168 Å². The van der Waals surface area contributed by atoms with Gasteiger partial charge in [0.15, 0.2) is 0 Å². The molecule has 3 fully saturated rings. The monoisotopic (exact) mass is 390 g/mol. The van der Waals surface area contributed by atoms with Crippen molar-refractivity contribution in [2.24, 2.45) is 17.8 Å². The van der Waals surface area contributed by atoms with Crippen LogP contribution in [0, 0.1) is 29.6 Å². The van der Waals surface area contributed by atoms with E-state index >= 15 is 0 Å². The molecule has 5 atom stereocenters. The molecule has 0 aromatic rings. The highest BCUT2D eigenvalue weighted by atomic mass is 16.5. The lowest BCUT2D eigenvalue weighted by Gasteiger charge is -2.57. The van der Waals surface area contributed by atoms with Crippen molar-refractivity contribution in [3.8, 4) is 11.8 Å². The second kappa shape index (κ2) is 9.43. The summed E-state index contributed by atoms with van der Waals surface area (Å²) in [4.78, 5) is 10.7. The first-order valence-corrected chi connectivity index (χ1v) is 10.8. The molecule has 0 aromatic heterocycles. The Hall–Kier alpha value is -1.35. The Bertz CT molecular complexity index is 639. The molecule has 28 heavy (non-hydrogen) atoms. The third kappa shape index (κ3) is 4.45. The summed E-state index contributed by atoms with van der Waals surface area (Å²) in [5, 5.41) is 29.8. The van der Waals surface area contributed by atoms with E-state index in [4.69, 9.17) is 9.84 Å². The predicted molar refractivity (Wildman–Crippen MR) is 107 cm³/mol. The number of aliphatic hydroxyl groups is 2. The summed E-state index contributed by atoms with van der Waals surface area (Å²) in [5.74, 6) is 5.75. The maximum Gasteiger partial charge on any atom is 0.303 e. The van der Waals surface area contributed by atoms with Gasteiger partial charge in [0.1, 0.15) is 6.10 Å². The van der Waals surface area contributed by atoms with Crippen molar-refractivity contribution in [3.63, 3.8) is 0 Å². The number of carboxylic acid groups (broad SMARTS) is 1. The molecule has 3 saturated carbocycles. The van der Waals surface area contributed by atoms with Gasteiger partial charge in [-0.2, -0.15) is 0 Å². The molecular formula is C23H34O5. The molecule has 1 unspecified atom stereocenters. The minimum atomic E-state index is -0.765. The van der Waals surface area contributed by atoms with Gasteiger partial charge in [-0.1, -0.05) is 37.2 Å². The fourth-order valence-electron chi connectivity index (χ4n) is 5.37. The number of unbranched alkanes of at least 4 members (excludes halogenated alkanes) is 1. The number of hydrogen-bond donors (Lipinski definition) is 3. The van der Waals surface area contributed by atoms with Crippen molar-refractivity contribution >= 4 is 5.97 Å². The van der Waals surface area contributed by atoms with Gasteiger partial charge in [0.05, 0.1) is 17.6 Å². The molecule has 0 radical (unpaired) electrons. The van der Waals surface area contributed by atoms with Crippen LogP contribution >= 0.6 is 0 Å². The van der Waals surface area contributed by atoms with Gasteiger partial charge in [-0.25, -0.2) is 0 Å². The van der Waals surface area contributed by atoms with Crippen LogP contribution in [-0.4, -0.2) is 46.2 Å². The summed E-state index contributed by atoms with van der Waals surface area (Å²) < 4.78 is 5.94. The highest BCUT2D eigenvalue weighted by molar-refractivity contribution is 5.66. The smallest absolute Gasteiger partial charge is 0.303 e. The van der Waals surface area contributed by atoms with Crippen LogP contribution in [0.3, 0.4) is 0 Å². The lowest BCUT2D eigenvalue weighted by Crippen LogP contribution is -2.59. The van der Waals surface area contributed by atoms with Crippen LogP contribution in [0.25, 0.3) is 0 Å². The minimum absolute atomic E-state index is 0.137. The van der Waals surface area contributed by atoms with Crippen LogP contribution in [0.2, 0.25) is 0 Å². The summed E-state index contributed by atoms with van der Waals surface area (Å²) >= 11 is 0. The SMILES string of the molecule is CO[C@@]12CC[C@H](O)[C@@H](C#CC(O)C3CCCCC3)[C@@H]1C/C2=C/CCCC(=O)O. The molecule has 3 aliphatic rings. The fraction of sp³-hybridized carbons (Fsp3) is 0.783. The summed E-state index contributed by atoms with van der Waals surface area (Å²) in [6.45, 7) is 0. The van der Waals surface area contributed by atoms with E-state index in [-0.39, 0.29) is 29.8 Å². The van der Waals surface area contributed by atoms with E-state index in [2.05, 4.69) is 17.9 Å². The van der Waals surface area contributed by atoms with Gasteiger partial charge in [0, 0.05) is 19.4 Å². The van der Waals surface area contributed by atoms with Gasteiger partial charge in [0.2, 0.25) is 0 Å². The molecule has 5 nitrogen and oxygen atoms in total. The first-order chi connectivity index (χ1) is 13.5. The van der Waals surface area contributed by atoms with Crippen molar-refractivity contribution in [2.75, 3.05) is 7.11 Å². The number of allylic oxidation sites excluding steroid dienone is 1. The lowest BCUT2D eigenvalue weighted by molar-refractivity contribution is -0.138. The second-order valence-corrected chi connectivity index (χ2v) is 8.68. The standard InChI is InChI=1S/C23H34O5/c1-28-23-14-13-21(25)18(11-12-20(24)16-7-3-2-4-8-16)19(23)15-17(23)9-5-6-10-22(26)27/h9,16,18-21,24-25H,2-8,10,13-15H2,1H3,(H,26,27)/b17-9-/t18-,19-,20?,21-,23+/m0/s1. The van der Waals surface area contributed by atoms with Crippen molar-refractivity contribution in [2.45, 2.75) is 88.4 Å². The fourth-order valence-corrected chi connectivity index (χ4v) is 5.37. The van der Waals surface area contributed by atoms with Crippen LogP contribution in [0.15, 0.2) is 11.6 Å². The molecule has 156 valence electrons. The van der Waals surface area contributed by atoms with E-state index < -0.39 is 18.2 Å². The molecule has 3 aliphatic carbocycles. The van der Waals surface area contributed by atoms with E-state index in [1.54, 1.807) is 7.11 Å². The third-order valence-corrected chi connectivity index (χ3v) is 7.09. The topological polar surface area (TPSA) is 87.0 Å². The third-order valence-electron chi connectivity index (χ3n) is 7.09. The maximum absolute atomic E-state index is 10.7. The average Bonchev–Trinajstić information content (AvgIpc) is 2.68. The van der Waals surface area contributed by atoms with Crippen LogP contribution in [0.4, 0.5) is 0 Å². The highest BCUT2D eigenvalue weighted by Gasteiger charge is 2.58. The zero-order valence-corrected chi connectivity index (χ0v) is 16.9. The Morgan fingerprint density at radius 1 is 1.32 bits per heavy atom. The van der Waals surface area contributed by atoms with Crippen molar-refractivity contribution in [1.82, 2.24) is 0 Å².